The molecule has 1 atom stereocenters. The highest BCUT2D eigenvalue weighted by atomic mass is 35.5. The number of phenolic OH excluding ortho intramolecular Hbond substituents is 1. The summed E-state index contributed by atoms with van der Waals surface area (Å²) in [6, 6.07) is 5.21. The first-order chi connectivity index (χ1) is 7.17. The molecular formula is C12H16ClNO2. The summed E-state index contributed by atoms with van der Waals surface area (Å²) < 4.78 is 0. The highest BCUT2D eigenvalue weighted by Gasteiger charge is 2.32. The van der Waals surface area contributed by atoms with Crippen LogP contribution in [0.1, 0.15) is 24.0 Å². The van der Waals surface area contributed by atoms with Crippen LogP contribution < -0.4 is 5.73 Å². The average molecular weight is 242 g/mol. The number of benzene rings is 1. The summed E-state index contributed by atoms with van der Waals surface area (Å²) in [5.74, 6) is 0.207. The van der Waals surface area contributed by atoms with Gasteiger partial charge < -0.3 is 15.9 Å². The molecule has 4 N–H and O–H groups in total. The van der Waals surface area contributed by atoms with Crippen LogP contribution in [-0.4, -0.2) is 16.8 Å². The Morgan fingerprint density at radius 3 is 2.81 bits per heavy atom. The van der Waals surface area contributed by atoms with Gasteiger partial charge in [-0.1, -0.05) is 24.3 Å². The maximum absolute atomic E-state index is 10.4. The number of rotatable bonds is 2. The lowest BCUT2D eigenvalue weighted by Gasteiger charge is -2.31. The number of aliphatic hydroxyl groups is 1. The zero-order valence-corrected chi connectivity index (χ0v) is 9.70. The van der Waals surface area contributed by atoms with Gasteiger partial charge in [0.25, 0.3) is 0 Å². The lowest BCUT2D eigenvalue weighted by atomic mass is 9.80. The molecule has 0 fully saturated rings. The van der Waals surface area contributed by atoms with Crippen LogP contribution in [0.4, 0.5) is 0 Å². The molecule has 4 heteroatoms. The molecule has 0 spiro atoms. The van der Waals surface area contributed by atoms with Gasteiger partial charge >= 0.3 is 0 Å². The summed E-state index contributed by atoms with van der Waals surface area (Å²) in [4.78, 5) is 0. The quantitative estimate of drug-likeness (QED) is 0.739. The Labute approximate surface area is 101 Å². The second-order valence-corrected chi connectivity index (χ2v) is 3.92. The van der Waals surface area contributed by atoms with E-state index >= 15 is 0 Å². The van der Waals surface area contributed by atoms with Crippen LogP contribution >= 0.6 is 12.4 Å². The van der Waals surface area contributed by atoms with Gasteiger partial charge in [0, 0.05) is 5.56 Å². The van der Waals surface area contributed by atoms with E-state index in [0.717, 1.165) is 5.56 Å². The van der Waals surface area contributed by atoms with Crippen molar-refractivity contribution in [3.63, 3.8) is 0 Å². The Morgan fingerprint density at radius 1 is 1.38 bits per heavy atom. The molecule has 0 heterocycles. The lowest BCUT2D eigenvalue weighted by molar-refractivity contribution is 0.0315. The van der Waals surface area contributed by atoms with Crippen LogP contribution in [0.5, 0.6) is 5.75 Å². The maximum Gasteiger partial charge on any atom is 0.123 e. The van der Waals surface area contributed by atoms with E-state index in [9.17, 15) is 10.2 Å². The number of phenols is 1. The van der Waals surface area contributed by atoms with Crippen LogP contribution in [0.25, 0.3) is 6.08 Å². The molecular weight excluding hydrogens is 226 g/mol. The van der Waals surface area contributed by atoms with Gasteiger partial charge in [-0.05, 0) is 31.0 Å². The van der Waals surface area contributed by atoms with Crippen molar-refractivity contribution in [2.75, 3.05) is 6.54 Å². The fraction of sp³-hybridized carbons (Fsp3) is 0.333. The van der Waals surface area contributed by atoms with Gasteiger partial charge in [0.15, 0.2) is 0 Å². The Balaban J connectivity index is 0.00000128. The molecule has 2 rings (SSSR count). The molecule has 3 nitrogen and oxygen atoms in total. The van der Waals surface area contributed by atoms with Crippen molar-refractivity contribution in [3.8, 4) is 5.75 Å². The van der Waals surface area contributed by atoms with Crippen LogP contribution in [0.2, 0.25) is 0 Å². The molecule has 16 heavy (non-hydrogen) atoms. The van der Waals surface area contributed by atoms with Crippen molar-refractivity contribution in [1.82, 2.24) is 0 Å². The average Bonchev–Trinajstić information content (AvgIpc) is 2.20. The number of aromatic hydroxyl groups is 1. The van der Waals surface area contributed by atoms with Crippen molar-refractivity contribution in [3.05, 3.63) is 35.4 Å². The second-order valence-electron chi connectivity index (χ2n) is 3.92. The predicted octanol–water partition coefficient (Wildman–Crippen LogP) is 1.77. The van der Waals surface area contributed by atoms with Crippen molar-refractivity contribution < 1.29 is 10.2 Å². The normalized spacial score (nSPS) is 22.4. The molecule has 1 aromatic carbocycles. The zero-order chi connectivity index (χ0) is 10.9. The molecule has 0 aromatic heterocycles. The molecule has 0 radical (unpaired) electrons. The molecule has 0 saturated carbocycles. The highest BCUT2D eigenvalue weighted by Crippen LogP contribution is 2.39. The van der Waals surface area contributed by atoms with Crippen LogP contribution in [0.15, 0.2) is 24.3 Å². The van der Waals surface area contributed by atoms with Crippen LogP contribution in [-0.2, 0) is 5.60 Å². The maximum atomic E-state index is 10.4. The zero-order valence-electron chi connectivity index (χ0n) is 8.89. The summed E-state index contributed by atoms with van der Waals surface area (Å²) in [7, 11) is 0. The Kier molecular flexibility index (Phi) is 3.97. The van der Waals surface area contributed by atoms with Crippen LogP contribution in [0.3, 0.4) is 0 Å². The standard InChI is InChI=1S/C12H15NO2.ClH/c13-8-7-12(15)6-2-3-9-10(12)4-1-5-11(9)14;/h1-5,14-15H,6-8,13H2;1H. The van der Waals surface area contributed by atoms with Crippen molar-refractivity contribution in [2.24, 2.45) is 5.73 Å². The molecule has 1 aromatic rings. The van der Waals surface area contributed by atoms with Gasteiger partial charge in [0.1, 0.15) is 5.75 Å². The Bertz CT molecular complexity index is 406. The summed E-state index contributed by atoms with van der Waals surface area (Å²) in [6.07, 6.45) is 4.78. The third-order valence-electron chi connectivity index (χ3n) is 2.88. The molecule has 0 saturated heterocycles. The number of fused-ring (bicyclic) bond motifs is 1. The van der Waals surface area contributed by atoms with Crippen molar-refractivity contribution >= 4 is 18.5 Å². The van der Waals surface area contributed by atoms with E-state index < -0.39 is 5.60 Å². The molecule has 1 aliphatic rings. The van der Waals surface area contributed by atoms with E-state index in [2.05, 4.69) is 0 Å². The van der Waals surface area contributed by atoms with Gasteiger partial charge in [0.05, 0.1) is 5.60 Å². The third-order valence-corrected chi connectivity index (χ3v) is 2.88. The monoisotopic (exact) mass is 241 g/mol. The number of halogens is 1. The second kappa shape index (κ2) is 4.87. The first-order valence-corrected chi connectivity index (χ1v) is 5.09. The summed E-state index contributed by atoms with van der Waals surface area (Å²) >= 11 is 0. The molecule has 0 aliphatic heterocycles. The number of hydrogen-bond acceptors (Lipinski definition) is 3. The number of nitrogens with two attached hydrogens (primary N) is 1. The first kappa shape index (κ1) is 13.0. The first-order valence-electron chi connectivity index (χ1n) is 5.09. The summed E-state index contributed by atoms with van der Waals surface area (Å²) in [6.45, 7) is 0.430. The SMILES string of the molecule is Cl.NCCC1(O)CC=Cc2c(O)cccc21. The van der Waals surface area contributed by atoms with E-state index in [1.54, 1.807) is 12.1 Å². The van der Waals surface area contributed by atoms with Gasteiger partial charge in [0.2, 0.25) is 0 Å². The van der Waals surface area contributed by atoms with Gasteiger partial charge in [-0.2, -0.15) is 0 Å². The Morgan fingerprint density at radius 2 is 2.12 bits per heavy atom. The Hall–Kier alpha value is -1.03. The van der Waals surface area contributed by atoms with Crippen molar-refractivity contribution in [1.29, 1.82) is 0 Å². The number of hydrogen-bond donors (Lipinski definition) is 3. The topological polar surface area (TPSA) is 66.5 Å². The van der Waals surface area contributed by atoms with E-state index in [1.165, 1.54) is 0 Å². The van der Waals surface area contributed by atoms with Gasteiger partial charge in [-0.15, -0.1) is 12.4 Å². The highest BCUT2D eigenvalue weighted by molar-refractivity contribution is 5.85. The lowest BCUT2D eigenvalue weighted by Crippen LogP contribution is -2.30. The molecule has 1 aliphatic carbocycles. The molecule has 88 valence electrons. The van der Waals surface area contributed by atoms with E-state index in [-0.39, 0.29) is 18.2 Å². The van der Waals surface area contributed by atoms with Crippen LogP contribution in [0, 0.1) is 0 Å². The fourth-order valence-electron chi connectivity index (χ4n) is 2.09. The third kappa shape index (κ3) is 2.07. The van der Waals surface area contributed by atoms with E-state index in [0.29, 0.717) is 24.9 Å². The van der Waals surface area contributed by atoms with E-state index in [1.807, 2.05) is 18.2 Å². The minimum atomic E-state index is -0.919. The molecule has 0 bridgehead atoms. The summed E-state index contributed by atoms with van der Waals surface area (Å²) in [5, 5.41) is 20.1. The predicted molar refractivity (Wildman–Crippen MR) is 66.6 cm³/mol. The summed E-state index contributed by atoms with van der Waals surface area (Å²) in [5.41, 5.74) is 6.06. The largest absolute Gasteiger partial charge is 0.507 e. The minimum absolute atomic E-state index is 0. The smallest absolute Gasteiger partial charge is 0.123 e. The van der Waals surface area contributed by atoms with Crippen molar-refractivity contribution in [2.45, 2.75) is 18.4 Å². The van der Waals surface area contributed by atoms with Gasteiger partial charge in [-0.3, -0.25) is 0 Å². The fourth-order valence-corrected chi connectivity index (χ4v) is 2.09. The minimum Gasteiger partial charge on any atom is -0.507 e. The molecule has 1 unspecified atom stereocenters. The van der Waals surface area contributed by atoms with E-state index in [4.69, 9.17) is 5.73 Å². The van der Waals surface area contributed by atoms with Gasteiger partial charge in [-0.25, -0.2) is 0 Å². The molecule has 0 amide bonds.